The van der Waals surface area contributed by atoms with Crippen LogP contribution >= 0.6 is 15.9 Å². The minimum absolute atomic E-state index is 0.155. The van der Waals surface area contributed by atoms with E-state index in [1.165, 1.54) is 13.2 Å². The molecule has 1 saturated heterocycles. The standard InChI is InChI=1S/C15H16BrNO3/c1-20-15(19)13-6-3-9-17(13)14(18)8-7-11-4-2-5-12(16)10-11/h2,4-5,7-8,10,13H,3,6,9H2,1H3/b8-7+. The second-order valence-corrected chi connectivity index (χ2v) is 5.52. The van der Waals surface area contributed by atoms with Crippen LogP contribution in [0.15, 0.2) is 34.8 Å². The number of carbonyl (C=O) groups is 2. The first-order chi connectivity index (χ1) is 9.61. The van der Waals surface area contributed by atoms with Crippen molar-refractivity contribution in [1.82, 2.24) is 4.90 Å². The van der Waals surface area contributed by atoms with E-state index in [0.29, 0.717) is 13.0 Å². The summed E-state index contributed by atoms with van der Waals surface area (Å²) in [5.41, 5.74) is 0.932. The lowest BCUT2D eigenvalue weighted by atomic mass is 10.2. The van der Waals surface area contributed by atoms with Gasteiger partial charge in [-0.05, 0) is 36.6 Å². The molecule has 20 heavy (non-hydrogen) atoms. The topological polar surface area (TPSA) is 46.6 Å². The highest BCUT2D eigenvalue weighted by atomic mass is 79.9. The van der Waals surface area contributed by atoms with Gasteiger partial charge >= 0.3 is 5.97 Å². The lowest BCUT2D eigenvalue weighted by molar-refractivity contribution is -0.149. The van der Waals surface area contributed by atoms with Gasteiger partial charge in [0, 0.05) is 17.1 Å². The molecule has 0 spiro atoms. The summed E-state index contributed by atoms with van der Waals surface area (Å²) in [4.78, 5) is 25.3. The molecular weight excluding hydrogens is 322 g/mol. The van der Waals surface area contributed by atoms with Crippen molar-refractivity contribution < 1.29 is 14.3 Å². The molecule has 1 heterocycles. The Hall–Kier alpha value is -1.62. The summed E-state index contributed by atoms with van der Waals surface area (Å²) in [6.45, 7) is 0.599. The Bertz CT molecular complexity index is 542. The summed E-state index contributed by atoms with van der Waals surface area (Å²) in [6, 6.07) is 7.22. The molecule has 1 aliphatic heterocycles. The number of carbonyl (C=O) groups excluding carboxylic acids is 2. The predicted molar refractivity (Wildman–Crippen MR) is 79.9 cm³/mol. The number of halogens is 1. The number of benzene rings is 1. The molecule has 1 fully saturated rings. The first kappa shape index (κ1) is 14.8. The molecule has 1 unspecified atom stereocenters. The fourth-order valence-corrected chi connectivity index (χ4v) is 2.70. The van der Waals surface area contributed by atoms with Gasteiger partial charge in [0.15, 0.2) is 0 Å². The minimum Gasteiger partial charge on any atom is -0.467 e. The van der Waals surface area contributed by atoms with Crippen LogP contribution in [0.4, 0.5) is 0 Å². The smallest absolute Gasteiger partial charge is 0.328 e. The Kier molecular flexibility index (Phi) is 4.95. The van der Waals surface area contributed by atoms with Crippen molar-refractivity contribution in [3.8, 4) is 0 Å². The molecule has 2 rings (SSSR count). The summed E-state index contributed by atoms with van der Waals surface area (Å²) in [5.74, 6) is -0.496. The van der Waals surface area contributed by atoms with Crippen LogP contribution in [0.1, 0.15) is 18.4 Å². The van der Waals surface area contributed by atoms with E-state index in [0.717, 1.165) is 16.5 Å². The van der Waals surface area contributed by atoms with Crippen molar-refractivity contribution in [2.45, 2.75) is 18.9 Å². The van der Waals surface area contributed by atoms with Gasteiger partial charge in [-0.25, -0.2) is 4.79 Å². The molecule has 1 atom stereocenters. The third-order valence-electron chi connectivity index (χ3n) is 3.28. The van der Waals surface area contributed by atoms with Crippen LogP contribution in [0.2, 0.25) is 0 Å². The van der Waals surface area contributed by atoms with Crippen molar-refractivity contribution in [1.29, 1.82) is 0 Å². The van der Waals surface area contributed by atoms with Gasteiger partial charge in [0.25, 0.3) is 0 Å². The van der Waals surface area contributed by atoms with Gasteiger partial charge in [-0.2, -0.15) is 0 Å². The zero-order valence-electron chi connectivity index (χ0n) is 11.2. The van der Waals surface area contributed by atoms with Crippen LogP contribution in [0, 0.1) is 0 Å². The number of esters is 1. The van der Waals surface area contributed by atoms with Crippen molar-refractivity contribution >= 4 is 33.9 Å². The molecular formula is C15H16BrNO3. The maximum atomic E-state index is 12.2. The first-order valence-electron chi connectivity index (χ1n) is 6.44. The van der Waals surface area contributed by atoms with Crippen LogP contribution in [-0.4, -0.2) is 36.5 Å². The van der Waals surface area contributed by atoms with E-state index in [4.69, 9.17) is 4.74 Å². The minimum atomic E-state index is -0.445. The average Bonchev–Trinajstić information content (AvgIpc) is 2.93. The summed E-state index contributed by atoms with van der Waals surface area (Å²) in [7, 11) is 1.35. The maximum absolute atomic E-state index is 12.2. The Morgan fingerprint density at radius 3 is 2.95 bits per heavy atom. The highest BCUT2D eigenvalue weighted by Gasteiger charge is 2.33. The fraction of sp³-hybridized carbons (Fsp3) is 0.333. The van der Waals surface area contributed by atoms with Crippen LogP contribution in [0.5, 0.6) is 0 Å². The molecule has 106 valence electrons. The van der Waals surface area contributed by atoms with E-state index < -0.39 is 6.04 Å². The molecule has 0 N–H and O–H groups in total. The van der Waals surface area contributed by atoms with Crippen molar-refractivity contribution in [2.75, 3.05) is 13.7 Å². The molecule has 1 aliphatic rings. The number of nitrogens with zero attached hydrogens (tertiary/aromatic N) is 1. The zero-order chi connectivity index (χ0) is 14.5. The van der Waals surface area contributed by atoms with Crippen LogP contribution in [0.25, 0.3) is 6.08 Å². The Balaban J connectivity index is 2.06. The Labute approximate surface area is 126 Å². The third-order valence-corrected chi connectivity index (χ3v) is 3.77. The molecule has 1 amide bonds. The van der Waals surface area contributed by atoms with Crippen molar-refractivity contribution in [2.24, 2.45) is 0 Å². The van der Waals surface area contributed by atoms with E-state index in [-0.39, 0.29) is 11.9 Å². The van der Waals surface area contributed by atoms with Gasteiger partial charge in [0.2, 0.25) is 5.91 Å². The highest BCUT2D eigenvalue weighted by molar-refractivity contribution is 9.10. The van der Waals surface area contributed by atoms with Gasteiger partial charge in [-0.1, -0.05) is 28.1 Å². The van der Waals surface area contributed by atoms with Crippen molar-refractivity contribution in [3.63, 3.8) is 0 Å². The van der Waals surface area contributed by atoms with Crippen LogP contribution in [-0.2, 0) is 14.3 Å². The number of hydrogen-bond acceptors (Lipinski definition) is 3. The molecule has 0 aliphatic carbocycles. The largest absolute Gasteiger partial charge is 0.467 e. The van der Waals surface area contributed by atoms with Crippen LogP contribution in [0.3, 0.4) is 0 Å². The second kappa shape index (κ2) is 6.70. The number of hydrogen-bond donors (Lipinski definition) is 0. The normalized spacial score (nSPS) is 18.5. The van der Waals surface area contributed by atoms with E-state index >= 15 is 0 Å². The average molecular weight is 338 g/mol. The predicted octanol–water partition coefficient (Wildman–Crippen LogP) is 2.63. The van der Waals surface area contributed by atoms with E-state index in [1.807, 2.05) is 24.3 Å². The van der Waals surface area contributed by atoms with Gasteiger partial charge in [-0.15, -0.1) is 0 Å². The Morgan fingerprint density at radius 1 is 1.45 bits per heavy atom. The Morgan fingerprint density at radius 2 is 2.25 bits per heavy atom. The molecule has 0 radical (unpaired) electrons. The molecule has 0 bridgehead atoms. The van der Waals surface area contributed by atoms with E-state index in [2.05, 4.69) is 15.9 Å². The maximum Gasteiger partial charge on any atom is 0.328 e. The van der Waals surface area contributed by atoms with Gasteiger partial charge < -0.3 is 9.64 Å². The zero-order valence-corrected chi connectivity index (χ0v) is 12.8. The van der Waals surface area contributed by atoms with Crippen molar-refractivity contribution in [3.05, 3.63) is 40.4 Å². The monoisotopic (exact) mass is 337 g/mol. The van der Waals surface area contributed by atoms with Gasteiger partial charge in [-0.3, -0.25) is 4.79 Å². The summed E-state index contributed by atoms with van der Waals surface area (Å²) in [6.07, 6.45) is 4.75. The second-order valence-electron chi connectivity index (χ2n) is 4.60. The summed E-state index contributed by atoms with van der Waals surface area (Å²) >= 11 is 3.38. The molecule has 5 heteroatoms. The molecule has 0 aromatic heterocycles. The third kappa shape index (κ3) is 3.48. The quantitative estimate of drug-likeness (QED) is 0.629. The van der Waals surface area contributed by atoms with E-state index in [9.17, 15) is 9.59 Å². The number of likely N-dealkylation sites (tertiary alicyclic amines) is 1. The molecule has 0 saturated carbocycles. The number of ether oxygens (including phenoxy) is 1. The van der Waals surface area contributed by atoms with Crippen LogP contribution < -0.4 is 0 Å². The molecule has 1 aromatic rings. The summed E-state index contributed by atoms with van der Waals surface area (Å²) < 4.78 is 5.69. The molecule has 1 aromatic carbocycles. The van der Waals surface area contributed by atoms with E-state index in [1.54, 1.807) is 11.0 Å². The summed E-state index contributed by atoms with van der Waals surface area (Å²) in [5, 5.41) is 0. The van der Waals surface area contributed by atoms with Gasteiger partial charge in [0.1, 0.15) is 6.04 Å². The molecule has 4 nitrogen and oxygen atoms in total. The SMILES string of the molecule is COC(=O)C1CCCN1C(=O)/C=C/c1cccc(Br)c1. The highest BCUT2D eigenvalue weighted by Crippen LogP contribution is 2.19. The van der Waals surface area contributed by atoms with Gasteiger partial charge in [0.05, 0.1) is 7.11 Å². The number of amides is 1. The lowest BCUT2D eigenvalue weighted by Gasteiger charge is -2.20. The number of methoxy groups -OCH3 is 1. The first-order valence-corrected chi connectivity index (χ1v) is 7.23. The number of rotatable bonds is 3. The lowest BCUT2D eigenvalue weighted by Crippen LogP contribution is -2.40. The fourth-order valence-electron chi connectivity index (χ4n) is 2.29.